The van der Waals surface area contributed by atoms with Crippen molar-refractivity contribution in [1.82, 2.24) is 5.32 Å². The highest BCUT2D eigenvalue weighted by Crippen LogP contribution is 2.03. The van der Waals surface area contributed by atoms with E-state index in [0.29, 0.717) is 0 Å². The molecule has 18 heteroatoms. The molecule has 18 nitrogen and oxygen atoms in total. The molecule has 17 N–H and O–H groups in total. The van der Waals surface area contributed by atoms with Gasteiger partial charge < -0.3 is 64.6 Å². The third-order valence-corrected chi connectivity index (χ3v) is 4.10. The van der Waals surface area contributed by atoms with Gasteiger partial charge in [-0.3, -0.25) is 28.8 Å². The summed E-state index contributed by atoms with van der Waals surface area (Å²) < 4.78 is 0. The van der Waals surface area contributed by atoms with Gasteiger partial charge in [0.15, 0.2) is 0 Å². The molecule has 4 atom stereocenters. The van der Waals surface area contributed by atoms with Gasteiger partial charge in [-0.1, -0.05) is 27.7 Å². The van der Waals surface area contributed by atoms with E-state index < -0.39 is 53.9 Å². The third kappa shape index (κ3) is 39.1. The maximum Gasteiger partial charge on any atom is 0.320 e. The minimum atomic E-state index is -0.968. The van der Waals surface area contributed by atoms with E-state index in [2.05, 4.69) is 16.8 Å². The molecule has 238 valence electrons. The van der Waals surface area contributed by atoms with E-state index in [-0.39, 0.29) is 31.0 Å². The van der Waals surface area contributed by atoms with E-state index in [9.17, 15) is 28.8 Å². The number of aliphatic carboxylic acids is 6. The highest BCUT2D eigenvalue weighted by molar-refractivity contribution is 5.74. The number of nitrogens with one attached hydrogen (secondary N) is 1. The van der Waals surface area contributed by atoms with Gasteiger partial charge in [-0.05, 0) is 38.1 Å². The molecule has 0 bridgehead atoms. The van der Waals surface area contributed by atoms with E-state index in [1.54, 1.807) is 27.7 Å². The number of carbonyl (C=O) groups is 6. The highest BCUT2D eigenvalue weighted by atomic mass is 16.4. The van der Waals surface area contributed by atoms with Gasteiger partial charge in [0.1, 0.15) is 24.2 Å². The maximum absolute atomic E-state index is 10.1. The molecule has 1 fully saturated rings. The van der Waals surface area contributed by atoms with Crippen LogP contribution < -0.4 is 34.0 Å². The Morgan fingerprint density at radius 3 is 1.00 bits per heavy atom. The normalized spacial score (nSPS) is 15.2. The van der Waals surface area contributed by atoms with Crippen LogP contribution in [0.5, 0.6) is 0 Å². The topological polar surface area (TPSA) is 366 Å². The number of hydrogen-bond donors (Lipinski definition) is 12. The molecule has 0 radical (unpaired) electrons. The van der Waals surface area contributed by atoms with Crippen molar-refractivity contribution in [2.24, 2.45) is 40.5 Å². The monoisotopic (exact) mass is 588 g/mol. The summed E-state index contributed by atoms with van der Waals surface area (Å²) in [6.45, 7) is 8.83. The zero-order valence-electron chi connectivity index (χ0n) is 23.5. The minimum Gasteiger partial charge on any atom is -0.480 e. The van der Waals surface area contributed by atoms with Crippen molar-refractivity contribution in [3.05, 3.63) is 0 Å². The molecule has 0 spiro atoms. The SMILES string of the molecule is CC(C)[C@H](N)C(=O)O.CC(C)[C@H](N)C(=O)O.C[C@H](N)C(=O)O.NCC(=O)O.NCC(=O)O.O=C(O)[C@@H]1CCCN1. The van der Waals surface area contributed by atoms with E-state index in [4.69, 9.17) is 47.8 Å². The quantitative estimate of drug-likeness (QED) is 0.138. The van der Waals surface area contributed by atoms with Crippen LogP contribution in [0.15, 0.2) is 0 Å². The fourth-order valence-electron chi connectivity index (χ4n) is 1.47. The van der Waals surface area contributed by atoms with Crippen LogP contribution in [-0.4, -0.2) is 110 Å². The minimum absolute atomic E-state index is 0.0208. The van der Waals surface area contributed by atoms with E-state index in [0.717, 1.165) is 19.4 Å². The molecule has 1 saturated heterocycles. The van der Waals surface area contributed by atoms with Gasteiger partial charge >= 0.3 is 35.8 Å². The molecule has 0 aromatic rings. The predicted octanol–water partition coefficient (Wildman–Crippen LogP) is -2.59. The highest BCUT2D eigenvalue weighted by Gasteiger charge is 2.20. The average molecular weight is 589 g/mol. The fourth-order valence-corrected chi connectivity index (χ4v) is 1.47. The Kier molecular flexibility index (Phi) is 33.2. The molecule has 0 unspecified atom stereocenters. The first-order valence-corrected chi connectivity index (χ1v) is 11.8. The number of hydrogen-bond acceptors (Lipinski definition) is 12. The second kappa shape index (κ2) is 28.6. The summed E-state index contributed by atoms with van der Waals surface area (Å²) in [6, 6.07) is -2.43. The maximum atomic E-state index is 10.1. The molecule has 1 rings (SSSR count). The number of carboxylic acids is 6. The molecule has 0 aliphatic carbocycles. The zero-order chi connectivity index (χ0) is 33.2. The summed E-state index contributed by atoms with van der Waals surface area (Å²) in [6.07, 6.45) is 1.78. The van der Waals surface area contributed by atoms with Crippen molar-refractivity contribution >= 4 is 35.8 Å². The van der Waals surface area contributed by atoms with Crippen LogP contribution in [0.3, 0.4) is 0 Å². The summed E-state index contributed by atoms with van der Waals surface area (Å²) in [4.78, 5) is 58.2. The van der Waals surface area contributed by atoms with E-state index in [1.165, 1.54) is 6.92 Å². The van der Waals surface area contributed by atoms with Crippen LogP contribution >= 0.6 is 0 Å². The molecular weight excluding hydrogens is 540 g/mol. The van der Waals surface area contributed by atoms with Crippen molar-refractivity contribution in [3.63, 3.8) is 0 Å². The number of carboxylic acid groups (broad SMARTS) is 6. The third-order valence-electron chi connectivity index (χ3n) is 4.10. The second-order valence-corrected chi connectivity index (χ2v) is 8.53. The first-order valence-electron chi connectivity index (χ1n) is 11.8. The molecule has 0 aromatic heterocycles. The van der Waals surface area contributed by atoms with Crippen molar-refractivity contribution in [1.29, 1.82) is 0 Å². The van der Waals surface area contributed by atoms with Crippen molar-refractivity contribution in [3.8, 4) is 0 Å². The van der Waals surface area contributed by atoms with Crippen LogP contribution in [0.4, 0.5) is 0 Å². The summed E-state index contributed by atoms with van der Waals surface area (Å²) in [5.74, 6) is -5.44. The lowest BCUT2D eigenvalue weighted by atomic mass is 10.1. The van der Waals surface area contributed by atoms with Crippen molar-refractivity contribution in [2.75, 3.05) is 19.6 Å². The Morgan fingerprint density at radius 1 is 0.675 bits per heavy atom. The van der Waals surface area contributed by atoms with Crippen LogP contribution in [0, 0.1) is 11.8 Å². The Hall–Kier alpha value is -3.42. The van der Waals surface area contributed by atoms with Gasteiger partial charge in [0.25, 0.3) is 0 Å². The van der Waals surface area contributed by atoms with E-state index in [1.807, 2.05) is 0 Å². The van der Waals surface area contributed by atoms with Gasteiger partial charge in [-0.2, -0.15) is 0 Å². The van der Waals surface area contributed by atoms with Crippen molar-refractivity contribution in [2.45, 2.75) is 71.6 Å². The second-order valence-electron chi connectivity index (χ2n) is 8.53. The summed E-state index contributed by atoms with van der Waals surface area (Å²) in [7, 11) is 0. The standard InChI is InChI=1S/C5H9NO2.2C5H11NO2.C3H7NO2.2C2H5NO2/c7-5(8)4-2-1-3-6-4;2*1-3(2)4(6)5(7)8;1-2(4)3(5)6;2*3-1-2(4)5/h4,6H,1-3H2,(H,7,8);2*3-4H,6H2,1-2H3,(H,7,8);2H,4H2,1H3,(H,5,6);2*1,3H2,(H,4,5)/t3*4-;2-;;/m0000../s1. The molecule has 1 heterocycles. The molecule has 0 amide bonds. The Labute approximate surface area is 232 Å². The fraction of sp³-hybridized carbons (Fsp3) is 0.727. The molecule has 0 aromatic carbocycles. The summed E-state index contributed by atoms with van der Waals surface area (Å²) >= 11 is 0. The average Bonchev–Trinajstić information content (AvgIpc) is 3.40. The van der Waals surface area contributed by atoms with Crippen LogP contribution in [0.25, 0.3) is 0 Å². The predicted molar refractivity (Wildman–Crippen MR) is 144 cm³/mol. The summed E-state index contributed by atoms with van der Waals surface area (Å²) in [5, 5.41) is 50.7. The number of nitrogens with two attached hydrogens (primary N) is 5. The van der Waals surface area contributed by atoms with Crippen molar-refractivity contribution < 1.29 is 59.4 Å². The number of rotatable bonds is 8. The lowest BCUT2D eigenvalue weighted by Gasteiger charge is -2.07. The Balaban J connectivity index is -0.000000124. The molecule has 1 aliphatic heterocycles. The van der Waals surface area contributed by atoms with Gasteiger partial charge in [-0.25, -0.2) is 0 Å². The smallest absolute Gasteiger partial charge is 0.320 e. The van der Waals surface area contributed by atoms with Crippen LogP contribution in [-0.2, 0) is 28.8 Å². The van der Waals surface area contributed by atoms with Gasteiger partial charge in [0, 0.05) is 0 Å². The molecule has 40 heavy (non-hydrogen) atoms. The molecule has 0 saturated carbocycles. The Bertz CT molecular complexity index is 675. The largest absolute Gasteiger partial charge is 0.480 e. The van der Waals surface area contributed by atoms with E-state index >= 15 is 0 Å². The lowest BCUT2D eigenvalue weighted by Crippen LogP contribution is -2.34. The zero-order valence-corrected chi connectivity index (χ0v) is 23.5. The van der Waals surface area contributed by atoms with Crippen LogP contribution in [0.2, 0.25) is 0 Å². The van der Waals surface area contributed by atoms with Crippen LogP contribution in [0.1, 0.15) is 47.5 Å². The molecule has 1 aliphatic rings. The van der Waals surface area contributed by atoms with Gasteiger partial charge in [0.2, 0.25) is 0 Å². The van der Waals surface area contributed by atoms with Gasteiger partial charge in [0.05, 0.1) is 13.1 Å². The first-order chi connectivity index (χ1) is 18.1. The first kappa shape index (κ1) is 46.4. The van der Waals surface area contributed by atoms with Gasteiger partial charge in [-0.15, -0.1) is 0 Å². The lowest BCUT2D eigenvalue weighted by molar-refractivity contribution is -0.140. The Morgan fingerprint density at radius 2 is 0.950 bits per heavy atom. The summed E-state index contributed by atoms with van der Waals surface area (Å²) in [5.41, 5.74) is 24.3. The molecular formula is C22H48N6O12.